The molecular weight excluding hydrogens is 298 g/mol. The van der Waals surface area contributed by atoms with Crippen molar-refractivity contribution in [3.8, 4) is 0 Å². The number of likely N-dealkylation sites (N-methyl/N-ethyl adjacent to an activating group) is 1. The van der Waals surface area contributed by atoms with Crippen LogP contribution in [-0.2, 0) is 0 Å². The van der Waals surface area contributed by atoms with Gasteiger partial charge in [-0.15, -0.1) is 0 Å². The van der Waals surface area contributed by atoms with Gasteiger partial charge in [0.1, 0.15) is 4.99 Å². The predicted molar refractivity (Wildman–Crippen MR) is 79.7 cm³/mol. The highest BCUT2D eigenvalue weighted by Gasteiger charge is 2.17. The van der Waals surface area contributed by atoms with Crippen molar-refractivity contribution in [3.63, 3.8) is 0 Å². The third-order valence-electron chi connectivity index (χ3n) is 3.07. The predicted octanol–water partition coefficient (Wildman–Crippen LogP) is 1.84. The minimum absolute atomic E-state index is 0.459. The van der Waals surface area contributed by atoms with Crippen LogP contribution in [0.2, 0.25) is 0 Å². The fourth-order valence-corrected chi connectivity index (χ4v) is 2.55. The van der Waals surface area contributed by atoms with Gasteiger partial charge in [-0.3, -0.25) is 0 Å². The zero-order chi connectivity index (χ0) is 12.4. The lowest BCUT2D eigenvalue weighted by molar-refractivity contribution is 0.313. The molecule has 0 saturated carbocycles. The van der Waals surface area contributed by atoms with E-state index in [4.69, 9.17) is 18.0 Å². The molecule has 5 heteroatoms. The summed E-state index contributed by atoms with van der Waals surface area (Å²) in [6.07, 6.45) is 0. The van der Waals surface area contributed by atoms with Gasteiger partial charge in [-0.2, -0.15) is 0 Å². The molecule has 1 saturated heterocycles. The third-order valence-corrected chi connectivity index (χ3v) is 3.78. The summed E-state index contributed by atoms with van der Waals surface area (Å²) in [5, 5.41) is 0. The number of nitrogens with two attached hydrogens (primary N) is 1. The highest BCUT2D eigenvalue weighted by atomic mass is 79.9. The van der Waals surface area contributed by atoms with E-state index in [-0.39, 0.29) is 0 Å². The molecule has 2 rings (SSSR count). The number of hydrogen-bond acceptors (Lipinski definition) is 3. The Balaban J connectivity index is 2.28. The summed E-state index contributed by atoms with van der Waals surface area (Å²) in [6.45, 7) is 4.20. The number of piperazine rings is 1. The van der Waals surface area contributed by atoms with Crippen molar-refractivity contribution in [1.29, 1.82) is 0 Å². The number of halogens is 1. The van der Waals surface area contributed by atoms with Crippen LogP contribution in [0.3, 0.4) is 0 Å². The van der Waals surface area contributed by atoms with Gasteiger partial charge in [0.05, 0.1) is 0 Å². The molecule has 0 aromatic heterocycles. The Morgan fingerprint density at radius 3 is 2.53 bits per heavy atom. The molecule has 1 aliphatic heterocycles. The molecule has 1 fully saturated rings. The summed E-state index contributed by atoms with van der Waals surface area (Å²) < 4.78 is 1.01. The van der Waals surface area contributed by atoms with Gasteiger partial charge in [0.15, 0.2) is 0 Å². The van der Waals surface area contributed by atoms with Gasteiger partial charge in [-0.1, -0.05) is 28.1 Å². The summed E-state index contributed by atoms with van der Waals surface area (Å²) in [7, 11) is 2.15. The van der Waals surface area contributed by atoms with E-state index in [1.165, 1.54) is 0 Å². The fraction of sp³-hybridized carbons (Fsp3) is 0.417. The first-order valence-corrected chi connectivity index (χ1v) is 6.81. The van der Waals surface area contributed by atoms with Crippen LogP contribution in [0.4, 0.5) is 5.69 Å². The summed E-state index contributed by atoms with van der Waals surface area (Å²) >= 11 is 8.58. The van der Waals surface area contributed by atoms with Crippen LogP contribution < -0.4 is 10.6 Å². The number of nitrogens with zero attached hydrogens (tertiary/aromatic N) is 2. The van der Waals surface area contributed by atoms with E-state index >= 15 is 0 Å². The number of hydrogen-bond donors (Lipinski definition) is 1. The average molecular weight is 314 g/mol. The molecule has 0 spiro atoms. The lowest BCUT2D eigenvalue weighted by Crippen LogP contribution is -2.45. The Bertz CT molecular complexity index is 428. The van der Waals surface area contributed by atoms with E-state index in [9.17, 15) is 0 Å². The number of rotatable bonds is 2. The Hall–Kier alpha value is -0.650. The molecule has 0 atom stereocenters. The monoisotopic (exact) mass is 313 g/mol. The van der Waals surface area contributed by atoms with Gasteiger partial charge in [0.25, 0.3) is 0 Å². The van der Waals surface area contributed by atoms with Crippen LogP contribution in [-0.4, -0.2) is 43.1 Å². The molecule has 17 heavy (non-hydrogen) atoms. The van der Waals surface area contributed by atoms with Gasteiger partial charge in [0.2, 0.25) is 0 Å². The van der Waals surface area contributed by atoms with Crippen molar-refractivity contribution in [1.82, 2.24) is 4.90 Å². The van der Waals surface area contributed by atoms with Crippen molar-refractivity contribution in [2.75, 3.05) is 38.1 Å². The second-order valence-corrected chi connectivity index (χ2v) is 5.67. The zero-order valence-corrected chi connectivity index (χ0v) is 12.2. The van der Waals surface area contributed by atoms with E-state index in [1.54, 1.807) is 0 Å². The number of benzene rings is 1. The molecule has 2 N–H and O–H groups in total. The summed E-state index contributed by atoms with van der Waals surface area (Å²) in [4.78, 5) is 5.14. The first kappa shape index (κ1) is 12.8. The normalized spacial score (nSPS) is 17.2. The smallest absolute Gasteiger partial charge is 0.106 e. The maximum atomic E-state index is 5.79. The standard InChI is InChI=1S/C12H16BrN3S/c1-15-4-6-16(7-5-15)11-3-2-9(13)8-10(11)12(14)17/h2-3,8H,4-7H2,1H3,(H2,14,17). The maximum Gasteiger partial charge on any atom is 0.106 e. The van der Waals surface area contributed by atoms with Crippen molar-refractivity contribution in [2.45, 2.75) is 0 Å². The number of thiocarbonyl (C=S) groups is 1. The highest BCUT2D eigenvalue weighted by Crippen LogP contribution is 2.25. The van der Waals surface area contributed by atoms with Crippen LogP contribution in [0.15, 0.2) is 22.7 Å². The average Bonchev–Trinajstić information content (AvgIpc) is 2.30. The van der Waals surface area contributed by atoms with Crippen LogP contribution in [0.5, 0.6) is 0 Å². The van der Waals surface area contributed by atoms with E-state index in [0.717, 1.165) is 41.9 Å². The molecule has 0 unspecified atom stereocenters. The molecule has 92 valence electrons. The second kappa shape index (κ2) is 5.33. The minimum atomic E-state index is 0.459. The van der Waals surface area contributed by atoms with Gasteiger partial charge in [-0.25, -0.2) is 0 Å². The van der Waals surface area contributed by atoms with Crippen molar-refractivity contribution < 1.29 is 0 Å². The van der Waals surface area contributed by atoms with Gasteiger partial charge in [0, 0.05) is 41.9 Å². The van der Waals surface area contributed by atoms with Crippen LogP contribution in [0, 0.1) is 0 Å². The van der Waals surface area contributed by atoms with E-state index in [0.29, 0.717) is 4.99 Å². The van der Waals surface area contributed by atoms with Crippen LogP contribution in [0.1, 0.15) is 5.56 Å². The van der Waals surface area contributed by atoms with Gasteiger partial charge < -0.3 is 15.5 Å². The fourth-order valence-electron chi connectivity index (χ4n) is 2.03. The molecule has 1 aromatic rings. The summed E-state index contributed by atoms with van der Waals surface area (Å²) in [5.41, 5.74) is 7.90. The quantitative estimate of drug-likeness (QED) is 0.844. The summed E-state index contributed by atoms with van der Waals surface area (Å²) in [6, 6.07) is 6.12. The Labute approximate surface area is 116 Å². The lowest BCUT2D eigenvalue weighted by Gasteiger charge is -2.35. The molecule has 1 aromatic carbocycles. The highest BCUT2D eigenvalue weighted by molar-refractivity contribution is 9.10. The Morgan fingerprint density at radius 1 is 1.29 bits per heavy atom. The number of anilines is 1. The van der Waals surface area contributed by atoms with E-state index in [2.05, 4.69) is 38.8 Å². The lowest BCUT2D eigenvalue weighted by atomic mass is 10.1. The molecule has 1 aliphatic rings. The second-order valence-electron chi connectivity index (χ2n) is 4.32. The van der Waals surface area contributed by atoms with Crippen LogP contribution >= 0.6 is 28.1 Å². The van der Waals surface area contributed by atoms with Gasteiger partial charge in [-0.05, 0) is 25.2 Å². The largest absolute Gasteiger partial charge is 0.389 e. The minimum Gasteiger partial charge on any atom is -0.389 e. The Morgan fingerprint density at radius 2 is 1.94 bits per heavy atom. The Kier molecular flexibility index (Phi) is 4.01. The molecule has 1 heterocycles. The first-order valence-electron chi connectivity index (χ1n) is 5.61. The van der Waals surface area contributed by atoms with Crippen LogP contribution in [0.25, 0.3) is 0 Å². The van der Waals surface area contributed by atoms with Crippen molar-refractivity contribution >= 4 is 38.8 Å². The third kappa shape index (κ3) is 2.97. The van der Waals surface area contributed by atoms with Gasteiger partial charge >= 0.3 is 0 Å². The zero-order valence-electron chi connectivity index (χ0n) is 9.82. The SMILES string of the molecule is CN1CCN(c2ccc(Br)cc2C(N)=S)CC1. The maximum absolute atomic E-state index is 5.79. The molecule has 0 bridgehead atoms. The molecular formula is C12H16BrN3S. The molecule has 3 nitrogen and oxygen atoms in total. The van der Waals surface area contributed by atoms with E-state index < -0.39 is 0 Å². The van der Waals surface area contributed by atoms with Crippen molar-refractivity contribution in [3.05, 3.63) is 28.2 Å². The molecule has 0 amide bonds. The van der Waals surface area contributed by atoms with E-state index in [1.807, 2.05) is 12.1 Å². The van der Waals surface area contributed by atoms with Crippen molar-refractivity contribution in [2.24, 2.45) is 5.73 Å². The topological polar surface area (TPSA) is 32.5 Å². The molecule has 0 aliphatic carbocycles. The molecule has 0 radical (unpaired) electrons. The first-order chi connectivity index (χ1) is 8.08. The summed E-state index contributed by atoms with van der Waals surface area (Å²) in [5.74, 6) is 0.